The summed E-state index contributed by atoms with van der Waals surface area (Å²) in [5.74, 6) is 2.68. The van der Waals surface area contributed by atoms with Gasteiger partial charge < -0.3 is 14.4 Å². The van der Waals surface area contributed by atoms with Crippen LogP contribution in [0.5, 0.6) is 5.88 Å². The van der Waals surface area contributed by atoms with E-state index in [1.54, 1.807) is 4.52 Å². The number of furan rings is 1. The van der Waals surface area contributed by atoms with Gasteiger partial charge in [-0.2, -0.15) is 4.52 Å². The van der Waals surface area contributed by atoms with Crippen molar-refractivity contribution in [2.75, 3.05) is 13.1 Å². The van der Waals surface area contributed by atoms with Gasteiger partial charge in [-0.3, -0.25) is 0 Å². The number of piperidine rings is 1. The molecule has 0 amide bonds. The van der Waals surface area contributed by atoms with Crippen molar-refractivity contribution in [2.24, 2.45) is 0 Å². The van der Waals surface area contributed by atoms with Crippen LogP contribution in [0.3, 0.4) is 0 Å². The highest BCUT2D eigenvalue weighted by molar-refractivity contribution is 7.17. The molecular weight excluding hydrogens is 312 g/mol. The lowest BCUT2D eigenvalue weighted by molar-refractivity contribution is -0.930. The summed E-state index contributed by atoms with van der Waals surface area (Å²) in [6.45, 7) is 5.98. The summed E-state index contributed by atoms with van der Waals surface area (Å²) in [5.41, 5.74) is 0. The zero-order valence-corrected chi connectivity index (χ0v) is 14.2. The van der Waals surface area contributed by atoms with Crippen molar-refractivity contribution >= 4 is 16.3 Å². The van der Waals surface area contributed by atoms with E-state index >= 15 is 0 Å². The normalized spacial score (nSPS) is 17.8. The molecule has 122 valence electrons. The van der Waals surface area contributed by atoms with E-state index in [1.807, 2.05) is 26.0 Å². The summed E-state index contributed by atoms with van der Waals surface area (Å²) < 4.78 is 7.47. The van der Waals surface area contributed by atoms with E-state index in [0.29, 0.717) is 5.82 Å². The Bertz CT molecular complexity index is 828. The van der Waals surface area contributed by atoms with Crippen LogP contribution in [0.25, 0.3) is 4.96 Å². The Kier molecular flexibility index (Phi) is 3.61. The fourth-order valence-electron chi connectivity index (χ4n) is 3.45. The van der Waals surface area contributed by atoms with Gasteiger partial charge in [0.1, 0.15) is 16.5 Å². The molecule has 0 unspecified atom stereocenters. The van der Waals surface area contributed by atoms with E-state index in [0.717, 1.165) is 34.4 Å². The van der Waals surface area contributed by atoms with Gasteiger partial charge in [0.2, 0.25) is 10.8 Å². The molecule has 1 saturated heterocycles. The minimum absolute atomic E-state index is 0.0119. The fourth-order valence-corrected chi connectivity index (χ4v) is 4.62. The van der Waals surface area contributed by atoms with E-state index in [-0.39, 0.29) is 11.9 Å². The van der Waals surface area contributed by atoms with Crippen LogP contribution in [-0.4, -0.2) is 32.8 Å². The maximum Gasteiger partial charge on any atom is 0.235 e. The van der Waals surface area contributed by atoms with Gasteiger partial charge in [0.15, 0.2) is 11.8 Å². The van der Waals surface area contributed by atoms with Crippen LogP contribution in [0, 0.1) is 13.8 Å². The average molecular weight is 333 g/mol. The SMILES string of the molecule is Cc1nc2sc([C@@H](c3ccc(C)o3)[NH+]3CCCCC3)c(O)n2n1. The van der Waals surface area contributed by atoms with Crippen molar-refractivity contribution in [3.63, 3.8) is 0 Å². The number of nitrogens with zero attached hydrogens (tertiary/aromatic N) is 3. The number of nitrogens with one attached hydrogen (secondary N) is 1. The van der Waals surface area contributed by atoms with Crippen LogP contribution >= 0.6 is 11.3 Å². The lowest BCUT2D eigenvalue weighted by Crippen LogP contribution is -3.13. The number of hydrogen-bond acceptors (Lipinski definition) is 5. The van der Waals surface area contributed by atoms with Crippen molar-refractivity contribution in [1.29, 1.82) is 0 Å². The van der Waals surface area contributed by atoms with Crippen molar-refractivity contribution < 1.29 is 14.4 Å². The molecule has 1 aliphatic rings. The summed E-state index contributed by atoms with van der Waals surface area (Å²) in [7, 11) is 0. The first-order valence-corrected chi connectivity index (χ1v) is 8.91. The van der Waals surface area contributed by atoms with Crippen LogP contribution < -0.4 is 4.90 Å². The molecule has 4 heterocycles. The number of hydrogen-bond donors (Lipinski definition) is 2. The Hall–Kier alpha value is -1.86. The first kappa shape index (κ1) is 14.7. The highest BCUT2D eigenvalue weighted by atomic mass is 32.1. The molecule has 0 aliphatic carbocycles. The van der Waals surface area contributed by atoms with Crippen LogP contribution in [-0.2, 0) is 0 Å². The average Bonchev–Trinajstić information content (AvgIpc) is 3.19. The quantitative estimate of drug-likeness (QED) is 0.768. The van der Waals surface area contributed by atoms with E-state index in [2.05, 4.69) is 10.1 Å². The molecule has 3 aromatic rings. The largest absolute Gasteiger partial charge is 0.492 e. The van der Waals surface area contributed by atoms with Gasteiger partial charge in [0, 0.05) is 0 Å². The summed E-state index contributed by atoms with van der Waals surface area (Å²) in [6.07, 6.45) is 3.71. The Morgan fingerprint density at radius 2 is 2.04 bits per heavy atom. The third-order valence-electron chi connectivity index (χ3n) is 4.52. The predicted octanol–water partition coefficient (Wildman–Crippen LogP) is 1.86. The van der Waals surface area contributed by atoms with Crippen LogP contribution in [0.2, 0.25) is 0 Å². The molecule has 6 nitrogen and oxygen atoms in total. The first-order valence-electron chi connectivity index (χ1n) is 8.09. The topological polar surface area (TPSA) is 68.0 Å². The van der Waals surface area contributed by atoms with E-state index in [9.17, 15) is 5.11 Å². The monoisotopic (exact) mass is 333 g/mol. The number of thiazole rings is 1. The summed E-state index contributed by atoms with van der Waals surface area (Å²) >= 11 is 1.51. The van der Waals surface area contributed by atoms with Crippen LogP contribution in [0.1, 0.15) is 47.5 Å². The number of aromatic nitrogens is 3. The molecule has 0 bridgehead atoms. The first-order chi connectivity index (χ1) is 11.1. The molecule has 2 N–H and O–H groups in total. The van der Waals surface area contributed by atoms with Gasteiger partial charge in [-0.15, -0.1) is 5.10 Å². The summed E-state index contributed by atoms with van der Waals surface area (Å²) in [6, 6.07) is 4.03. The van der Waals surface area contributed by atoms with Crippen molar-refractivity contribution in [3.05, 3.63) is 34.4 Å². The molecule has 1 atom stereocenters. The molecule has 0 radical (unpaired) electrons. The lowest BCUT2D eigenvalue weighted by atomic mass is 10.1. The van der Waals surface area contributed by atoms with Gasteiger partial charge in [0.25, 0.3) is 0 Å². The number of rotatable bonds is 3. The van der Waals surface area contributed by atoms with Crippen molar-refractivity contribution in [2.45, 2.75) is 39.2 Å². The highest BCUT2D eigenvalue weighted by Crippen LogP contribution is 2.35. The molecule has 7 heteroatoms. The van der Waals surface area contributed by atoms with Crippen molar-refractivity contribution in [1.82, 2.24) is 14.6 Å². The number of aryl methyl sites for hydroxylation is 2. The molecular formula is C16H21N4O2S+. The maximum absolute atomic E-state index is 10.7. The Labute approximate surface area is 138 Å². The third-order valence-corrected chi connectivity index (χ3v) is 5.60. The Morgan fingerprint density at radius 1 is 1.26 bits per heavy atom. The van der Waals surface area contributed by atoms with Gasteiger partial charge in [0.05, 0.1) is 13.1 Å². The van der Waals surface area contributed by atoms with Crippen LogP contribution in [0.4, 0.5) is 0 Å². The second-order valence-electron chi connectivity index (χ2n) is 6.24. The zero-order chi connectivity index (χ0) is 16.0. The van der Waals surface area contributed by atoms with E-state index in [1.165, 1.54) is 35.5 Å². The summed E-state index contributed by atoms with van der Waals surface area (Å²) in [5, 5.41) is 15.0. The van der Waals surface area contributed by atoms with Crippen molar-refractivity contribution in [3.8, 4) is 5.88 Å². The fraction of sp³-hybridized carbons (Fsp3) is 0.500. The molecule has 0 saturated carbocycles. The molecule has 3 aromatic heterocycles. The second kappa shape index (κ2) is 5.65. The molecule has 4 rings (SSSR count). The third kappa shape index (κ3) is 2.53. The number of quaternary nitrogens is 1. The lowest BCUT2D eigenvalue weighted by Gasteiger charge is -2.29. The predicted molar refractivity (Wildman–Crippen MR) is 87.1 cm³/mol. The molecule has 1 fully saturated rings. The zero-order valence-electron chi connectivity index (χ0n) is 13.4. The molecule has 0 aromatic carbocycles. The smallest absolute Gasteiger partial charge is 0.235 e. The Morgan fingerprint density at radius 3 is 2.70 bits per heavy atom. The van der Waals surface area contributed by atoms with Gasteiger partial charge in [-0.25, -0.2) is 4.98 Å². The van der Waals surface area contributed by atoms with E-state index < -0.39 is 0 Å². The maximum atomic E-state index is 10.7. The van der Waals surface area contributed by atoms with E-state index in [4.69, 9.17) is 4.42 Å². The minimum Gasteiger partial charge on any atom is -0.492 e. The molecule has 0 spiro atoms. The minimum atomic E-state index is 0.0119. The molecule has 23 heavy (non-hydrogen) atoms. The number of likely N-dealkylation sites (tertiary alicyclic amines) is 1. The highest BCUT2D eigenvalue weighted by Gasteiger charge is 2.35. The van der Waals surface area contributed by atoms with Crippen LogP contribution in [0.15, 0.2) is 16.5 Å². The van der Waals surface area contributed by atoms with Gasteiger partial charge in [-0.1, -0.05) is 11.3 Å². The summed E-state index contributed by atoms with van der Waals surface area (Å²) in [4.78, 5) is 7.47. The number of fused-ring (bicyclic) bond motifs is 1. The number of aromatic hydroxyl groups is 1. The molecule has 1 aliphatic heterocycles. The van der Waals surface area contributed by atoms with Gasteiger partial charge >= 0.3 is 0 Å². The Balaban J connectivity index is 1.82. The standard InChI is InChI=1S/C16H20N4O2S/c1-10-6-7-12(22-10)13(19-8-4-3-5-9-19)14-15(21)20-16(23-14)17-11(2)18-20/h6-7,13,21H,3-5,8-9H2,1-2H3/p+1/t13-/m1/s1. The second-order valence-corrected chi connectivity index (χ2v) is 7.25. The van der Waals surface area contributed by atoms with Gasteiger partial charge in [-0.05, 0) is 45.2 Å².